The van der Waals surface area contributed by atoms with Crippen LogP contribution in [-0.4, -0.2) is 25.5 Å². The van der Waals surface area contributed by atoms with Gasteiger partial charge in [-0.25, -0.2) is 8.78 Å². The van der Waals surface area contributed by atoms with E-state index in [-0.39, 0.29) is 24.6 Å². The third-order valence-electron chi connectivity index (χ3n) is 3.99. The van der Waals surface area contributed by atoms with Crippen LogP contribution in [0.4, 0.5) is 20.2 Å². The molecular formula is C18H16F2N2O3. The SMILES string of the molecule is COc1cccc(N2C[C@@H](C(=O)Nc3cc(F)cc(F)c3)CC2=O)c1. The van der Waals surface area contributed by atoms with Gasteiger partial charge in [0.05, 0.1) is 13.0 Å². The molecule has 3 rings (SSSR count). The number of nitrogens with one attached hydrogen (secondary N) is 1. The van der Waals surface area contributed by atoms with Crippen LogP contribution in [0, 0.1) is 17.6 Å². The minimum Gasteiger partial charge on any atom is -0.497 e. The van der Waals surface area contributed by atoms with Crippen LogP contribution in [0.15, 0.2) is 42.5 Å². The van der Waals surface area contributed by atoms with E-state index in [1.807, 2.05) is 0 Å². The van der Waals surface area contributed by atoms with Crippen molar-refractivity contribution in [1.29, 1.82) is 0 Å². The van der Waals surface area contributed by atoms with E-state index in [0.717, 1.165) is 18.2 Å². The number of methoxy groups -OCH3 is 1. The number of rotatable bonds is 4. The molecule has 130 valence electrons. The second-order valence-corrected chi connectivity index (χ2v) is 5.75. The predicted octanol–water partition coefficient (Wildman–Crippen LogP) is 2.97. The smallest absolute Gasteiger partial charge is 0.229 e. The summed E-state index contributed by atoms with van der Waals surface area (Å²) in [5, 5.41) is 2.46. The summed E-state index contributed by atoms with van der Waals surface area (Å²) in [7, 11) is 1.53. The molecule has 1 N–H and O–H groups in total. The molecule has 1 aliphatic heterocycles. The highest BCUT2D eigenvalue weighted by Crippen LogP contribution is 2.28. The Labute approximate surface area is 143 Å². The van der Waals surface area contributed by atoms with Gasteiger partial charge in [-0.05, 0) is 24.3 Å². The highest BCUT2D eigenvalue weighted by atomic mass is 19.1. The van der Waals surface area contributed by atoms with Crippen LogP contribution in [-0.2, 0) is 9.59 Å². The van der Waals surface area contributed by atoms with Crippen molar-refractivity contribution in [3.8, 4) is 5.75 Å². The molecule has 1 atom stereocenters. The Morgan fingerprint density at radius 2 is 1.92 bits per heavy atom. The molecule has 1 heterocycles. The minimum atomic E-state index is -0.782. The van der Waals surface area contributed by atoms with E-state index >= 15 is 0 Å². The molecule has 7 heteroatoms. The predicted molar refractivity (Wildman–Crippen MR) is 88.4 cm³/mol. The molecule has 0 spiro atoms. The van der Waals surface area contributed by atoms with E-state index in [4.69, 9.17) is 4.74 Å². The second-order valence-electron chi connectivity index (χ2n) is 5.75. The fourth-order valence-corrected chi connectivity index (χ4v) is 2.78. The molecule has 0 aliphatic carbocycles. The molecular weight excluding hydrogens is 330 g/mol. The maximum atomic E-state index is 13.2. The van der Waals surface area contributed by atoms with Gasteiger partial charge in [-0.1, -0.05) is 6.07 Å². The van der Waals surface area contributed by atoms with Crippen molar-refractivity contribution in [3.63, 3.8) is 0 Å². The fourth-order valence-electron chi connectivity index (χ4n) is 2.78. The zero-order valence-corrected chi connectivity index (χ0v) is 13.5. The van der Waals surface area contributed by atoms with E-state index < -0.39 is 23.5 Å². The first-order chi connectivity index (χ1) is 12.0. The Morgan fingerprint density at radius 3 is 2.60 bits per heavy atom. The first-order valence-electron chi connectivity index (χ1n) is 7.67. The van der Waals surface area contributed by atoms with Crippen molar-refractivity contribution in [2.24, 2.45) is 5.92 Å². The molecule has 5 nitrogen and oxygen atoms in total. The largest absolute Gasteiger partial charge is 0.497 e. The standard InChI is InChI=1S/C18H16F2N2O3/c1-25-16-4-2-3-15(9-16)22-10-11(5-17(22)23)18(24)21-14-7-12(19)6-13(20)8-14/h2-4,6-9,11H,5,10H2,1H3,(H,21,24)/t11-/m0/s1. The number of carbonyl (C=O) groups is 2. The molecule has 0 bridgehead atoms. The summed E-state index contributed by atoms with van der Waals surface area (Å²) in [4.78, 5) is 26.1. The van der Waals surface area contributed by atoms with Crippen LogP contribution in [0.1, 0.15) is 6.42 Å². The zero-order valence-electron chi connectivity index (χ0n) is 13.5. The maximum absolute atomic E-state index is 13.2. The molecule has 2 aromatic carbocycles. The normalized spacial score (nSPS) is 16.8. The van der Waals surface area contributed by atoms with E-state index in [1.165, 1.54) is 12.0 Å². The Hall–Kier alpha value is -2.96. The van der Waals surface area contributed by atoms with E-state index in [9.17, 15) is 18.4 Å². The van der Waals surface area contributed by atoms with E-state index in [2.05, 4.69) is 5.32 Å². The number of benzene rings is 2. The van der Waals surface area contributed by atoms with Crippen LogP contribution in [0.5, 0.6) is 5.75 Å². The quantitative estimate of drug-likeness (QED) is 0.926. The van der Waals surface area contributed by atoms with Crippen molar-refractivity contribution in [1.82, 2.24) is 0 Å². The van der Waals surface area contributed by atoms with Crippen molar-refractivity contribution in [2.45, 2.75) is 6.42 Å². The number of anilines is 2. The number of ether oxygens (including phenoxy) is 1. The number of halogens is 2. The molecule has 25 heavy (non-hydrogen) atoms. The Kier molecular flexibility index (Phi) is 4.65. The Morgan fingerprint density at radius 1 is 1.20 bits per heavy atom. The molecule has 0 radical (unpaired) electrons. The van der Waals surface area contributed by atoms with Gasteiger partial charge in [0.1, 0.15) is 17.4 Å². The van der Waals surface area contributed by atoms with Gasteiger partial charge >= 0.3 is 0 Å². The van der Waals surface area contributed by atoms with Gasteiger partial charge in [0.2, 0.25) is 11.8 Å². The molecule has 2 aromatic rings. The lowest BCUT2D eigenvalue weighted by molar-refractivity contribution is -0.122. The maximum Gasteiger partial charge on any atom is 0.229 e. The first-order valence-corrected chi connectivity index (χ1v) is 7.67. The summed E-state index contributed by atoms with van der Waals surface area (Å²) in [6.07, 6.45) is 0.0286. The van der Waals surface area contributed by atoms with Crippen LogP contribution < -0.4 is 15.0 Å². The average Bonchev–Trinajstić information content (AvgIpc) is 2.96. The van der Waals surface area contributed by atoms with Crippen LogP contribution in [0.25, 0.3) is 0 Å². The molecule has 1 saturated heterocycles. The number of amides is 2. The van der Waals surface area contributed by atoms with E-state index in [1.54, 1.807) is 24.3 Å². The summed E-state index contributed by atoms with van der Waals surface area (Å²) in [6.45, 7) is 0.190. The summed E-state index contributed by atoms with van der Waals surface area (Å²) in [5.41, 5.74) is 0.659. The zero-order chi connectivity index (χ0) is 18.0. The fraction of sp³-hybridized carbons (Fsp3) is 0.222. The topological polar surface area (TPSA) is 58.6 Å². The third-order valence-corrected chi connectivity index (χ3v) is 3.99. The lowest BCUT2D eigenvalue weighted by Gasteiger charge is -2.17. The van der Waals surface area contributed by atoms with Gasteiger partial charge in [0, 0.05) is 36.5 Å². The number of nitrogens with zero attached hydrogens (tertiary/aromatic N) is 1. The minimum absolute atomic E-state index is 0.0229. The summed E-state index contributed by atoms with van der Waals surface area (Å²) < 4.78 is 31.6. The van der Waals surface area contributed by atoms with Crippen LogP contribution >= 0.6 is 0 Å². The molecule has 2 amide bonds. The first kappa shape index (κ1) is 16.9. The van der Waals surface area contributed by atoms with E-state index in [0.29, 0.717) is 11.4 Å². The molecule has 0 saturated carbocycles. The van der Waals surface area contributed by atoms with Crippen LogP contribution in [0.3, 0.4) is 0 Å². The molecule has 0 aromatic heterocycles. The van der Waals surface area contributed by atoms with Crippen molar-refractivity contribution in [2.75, 3.05) is 23.9 Å². The summed E-state index contributed by atoms with van der Waals surface area (Å²) in [5.74, 6) is -2.22. The highest BCUT2D eigenvalue weighted by molar-refractivity contribution is 6.03. The van der Waals surface area contributed by atoms with Gasteiger partial charge in [-0.3, -0.25) is 9.59 Å². The monoisotopic (exact) mass is 346 g/mol. The summed E-state index contributed by atoms with van der Waals surface area (Å²) in [6, 6.07) is 9.74. The van der Waals surface area contributed by atoms with Gasteiger partial charge < -0.3 is 15.0 Å². The Balaban J connectivity index is 1.72. The lowest BCUT2D eigenvalue weighted by Crippen LogP contribution is -2.28. The second kappa shape index (κ2) is 6.88. The molecule has 1 aliphatic rings. The summed E-state index contributed by atoms with van der Waals surface area (Å²) >= 11 is 0. The van der Waals surface area contributed by atoms with Gasteiger partial charge in [-0.2, -0.15) is 0 Å². The number of hydrogen-bond donors (Lipinski definition) is 1. The van der Waals surface area contributed by atoms with Crippen molar-refractivity contribution < 1.29 is 23.1 Å². The average molecular weight is 346 g/mol. The Bertz CT molecular complexity index is 805. The van der Waals surface area contributed by atoms with Crippen molar-refractivity contribution in [3.05, 3.63) is 54.1 Å². The lowest BCUT2D eigenvalue weighted by atomic mass is 10.1. The number of hydrogen-bond acceptors (Lipinski definition) is 3. The molecule has 1 fully saturated rings. The van der Waals surface area contributed by atoms with Gasteiger partial charge in [0.15, 0.2) is 0 Å². The third kappa shape index (κ3) is 3.76. The van der Waals surface area contributed by atoms with Crippen molar-refractivity contribution >= 4 is 23.2 Å². The van der Waals surface area contributed by atoms with Crippen LogP contribution in [0.2, 0.25) is 0 Å². The highest BCUT2D eigenvalue weighted by Gasteiger charge is 2.35. The number of carbonyl (C=O) groups excluding carboxylic acids is 2. The van der Waals surface area contributed by atoms with Gasteiger partial charge in [0.25, 0.3) is 0 Å². The molecule has 0 unspecified atom stereocenters. The van der Waals surface area contributed by atoms with Gasteiger partial charge in [-0.15, -0.1) is 0 Å².